The number of hydrogen-bond acceptors (Lipinski definition) is 5. The van der Waals surface area contributed by atoms with Crippen LogP contribution in [0.25, 0.3) is 0 Å². The summed E-state index contributed by atoms with van der Waals surface area (Å²) in [6, 6.07) is 0. The van der Waals surface area contributed by atoms with Crippen LogP contribution in [-0.4, -0.2) is 39.0 Å². The summed E-state index contributed by atoms with van der Waals surface area (Å²) in [5.74, 6) is 0. The van der Waals surface area contributed by atoms with Gasteiger partial charge in [0.15, 0.2) is 0 Å². The fourth-order valence-electron chi connectivity index (χ4n) is 1.91. The van der Waals surface area contributed by atoms with Crippen LogP contribution in [-0.2, 0) is 4.74 Å². The highest BCUT2D eigenvalue weighted by Gasteiger charge is 2.35. The molecule has 6 heteroatoms. The van der Waals surface area contributed by atoms with E-state index in [1.54, 1.807) is 6.92 Å². The fourth-order valence-corrected chi connectivity index (χ4v) is 1.91. The summed E-state index contributed by atoms with van der Waals surface area (Å²) in [5, 5.41) is 18.5. The summed E-state index contributed by atoms with van der Waals surface area (Å²) in [5.41, 5.74) is 1.02. The zero-order chi connectivity index (χ0) is 11.7. The third-order valence-electron chi connectivity index (χ3n) is 2.80. The Morgan fingerprint density at radius 3 is 3.00 bits per heavy atom. The van der Waals surface area contributed by atoms with Crippen LogP contribution in [0.5, 0.6) is 0 Å². The van der Waals surface area contributed by atoms with Gasteiger partial charge in [-0.2, -0.15) is 0 Å². The molecule has 0 saturated carbocycles. The van der Waals surface area contributed by atoms with Crippen molar-refractivity contribution >= 4 is 0 Å². The lowest BCUT2D eigenvalue weighted by Crippen LogP contribution is -2.24. The van der Waals surface area contributed by atoms with Crippen LogP contribution in [0.4, 0.5) is 0 Å². The Bertz CT molecular complexity index is 431. The fraction of sp³-hybridized carbons (Fsp3) is 0.600. The zero-order valence-corrected chi connectivity index (χ0v) is 8.88. The molecule has 0 amide bonds. The summed E-state index contributed by atoms with van der Waals surface area (Å²) in [4.78, 5) is 17.1. The first-order chi connectivity index (χ1) is 7.61. The highest BCUT2D eigenvalue weighted by Crippen LogP contribution is 2.33. The Kier molecular flexibility index (Phi) is 3.04. The van der Waals surface area contributed by atoms with Gasteiger partial charge < -0.3 is 19.9 Å². The molecule has 0 radical (unpaired) electrons. The largest absolute Gasteiger partial charge is 0.394 e. The maximum atomic E-state index is 10.9. The molecular formula is C10H14N2O4. The predicted molar refractivity (Wildman–Crippen MR) is 54.9 cm³/mol. The molecule has 1 aliphatic rings. The molecule has 0 unspecified atom stereocenters. The molecule has 1 aromatic heterocycles. The third kappa shape index (κ3) is 1.99. The van der Waals surface area contributed by atoms with Crippen LogP contribution in [0.1, 0.15) is 23.8 Å². The standard InChI is InChI=1S/C10H14N2O4/c1-5-6(3-11-10(15)12-5)8-2-7(14)9(4-13)16-8/h3,7-9,13-14H,2,4H2,1H3,(H,11,12,15)/t7-,8-,9-/m1/s1. The maximum absolute atomic E-state index is 10.9. The van der Waals surface area contributed by atoms with Crippen molar-refractivity contribution in [1.82, 2.24) is 9.97 Å². The van der Waals surface area contributed by atoms with Crippen LogP contribution >= 0.6 is 0 Å². The van der Waals surface area contributed by atoms with Gasteiger partial charge in [-0.3, -0.25) is 0 Å². The first kappa shape index (κ1) is 11.3. The van der Waals surface area contributed by atoms with Gasteiger partial charge in [-0.25, -0.2) is 9.78 Å². The maximum Gasteiger partial charge on any atom is 0.345 e. The SMILES string of the molecule is Cc1[nH]c(=O)ncc1[C@H]1C[C@@H](O)[C@@H](CO)O1. The van der Waals surface area contributed by atoms with Gasteiger partial charge in [-0.05, 0) is 6.92 Å². The molecule has 2 heterocycles. The van der Waals surface area contributed by atoms with E-state index in [4.69, 9.17) is 9.84 Å². The van der Waals surface area contributed by atoms with Crippen LogP contribution in [0.2, 0.25) is 0 Å². The Labute approximate surface area is 91.9 Å². The average molecular weight is 226 g/mol. The molecule has 1 fully saturated rings. The van der Waals surface area contributed by atoms with Gasteiger partial charge in [-0.1, -0.05) is 0 Å². The Balaban J connectivity index is 2.23. The van der Waals surface area contributed by atoms with Crippen LogP contribution in [0, 0.1) is 6.92 Å². The highest BCUT2D eigenvalue weighted by atomic mass is 16.5. The first-order valence-electron chi connectivity index (χ1n) is 5.12. The highest BCUT2D eigenvalue weighted by molar-refractivity contribution is 5.19. The Morgan fingerprint density at radius 1 is 1.69 bits per heavy atom. The number of aliphatic hydroxyl groups excluding tert-OH is 2. The lowest BCUT2D eigenvalue weighted by Gasteiger charge is -2.13. The molecule has 0 aliphatic carbocycles. The summed E-state index contributed by atoms with van der Waals surface area (Å²) < 4.78 is 5.47. The molecule has 6 nitrogen and oxygen atoms in total. The van der Waals surface area contributed by atoms with E-state index in [1.807, 2.05) is 0 Å². The van der Waals surface area contributed by atoms with Gasteiger partial charge >= 0.3 is 5.69 Å². The number of H-pyrrole nitrogens is 1. The first-order valence-corrected chi connectivity index (χ1v) is 5.12. The van der Waals surface area contributed by atoms with Crippen molar-refractivity contribution in [1.29, 1.82) is 0 Å². The van der Waals surface area contributed by atoms with Crippen molar-refractivity contribution in [3.8, 4) is 0 Å². The van der Waals surface area contributed by atoms with Gasteiger partial charge in [-0.15, -0.1) is 0 Å². The van der Waals surface area contributed by atoms with Crippen LogP contribution < -0.4 is 5.69 Å². The molecule has 1 aromatic rings. The third-order valence-corrected chi connectivity index (χ3v) is 2.80. The smallest absolute Gasteiger partial charge is 0.345 e. The van der Waals surface area contributed by atoms with Gasteiger partial charge in [0.05, 0.1) is 18.8 Å². The van der Waals surface area contributed by atoms with E-state index < -0.39 is 17.9 Å². The number of ether oxygens (including phenoxy) is 1. The molecule has 3 atom stereocenters. The second kappa shape index (κ2) is 4.32. The number of aliphatic hydroxyl groups is 2. The summed E-state index contributed by atoms with van der Waals surface area (Å²) in [7, 11) is 0. The molecule has 0 bridgehead atoms. The van der Waals surface area contributed by atoms with Crippen LogP contribution in [0.3, 0.4) is 0 Å². The molecule has 1 aliphatic heterocycles. The molecule has 2 rings (SSSR count). The summed E-state index contributed by atoms with van der Waals surface area (Å²) >= 11 is 0. The van der Waals surface area contributed by atoms with E-state index in [0.717, 1.165) is 5.56 Å². The Hall–Kier alpha value is -1.24. The number of aromatic amines is 1. The number of hydrogen-bond donors (Lipinski definition) is 3. The second-order valence-electron chi connectivity index (χ2n) is 3.92. The van der Waals surface area contributed by atoms with E-state index in [-0.39, 0.29) is 12.7 Å². The summed E-state index contributed by atoms with van der Waals surface area (Å²) in [6.45, 7) is 1.54. The number of rotatable bonds is 2. The zero-order valence-electron chi connectivity index (χ0n) is 8.88. The van der Waals surface area contributed by atoms with E-state index >= 15 is 0 Å². The van der Waals surface area contributed by atoms with E-state index in [0.29, 0.717) is 12.1 Å². The van der Waals surface area contributed by atoms with Crippen molar-refractivity contribution < 1.29 is 14.9 Å². The number of nitrogens with one attached hydrogen (secondary N) is 1. The van der Waals surface area contributed by atoms with Gasteiger partial charge in [0.1, 0.15) is 6.10 Å². The van der Waals surface area contributed by atoms with Crippen molar-refractivity contribution in [2.75, 3.05) is 6.61 Å². The van der Waals surface area contributed by atoms with Crippen molar-refractivity contribution in [2.45, 2.75) is 31.7 Å². The minimum absolute atomic E-state index is 0.215. The van der Waals surface area contributed by atoms with Crippen molar-refractivity contribution in [3.63, 3.8) is 0 Å². The van der Waals surface area contributed by atoms with E-state index in [1.165, 1.54) is 6.20 Å². The minimum Gasteiger partial charge on any atom is -0.394 e. The summed E-state index contributed by atoms with van der Waals surface area (Å²) in [6.07, 6.45) is 0.291. The van der Waals surface area contributed by atoms with Crippen molar-refractivity contribution in [2.24, 2.45) is 0 Å². The van der Waals surface area contributed by atoms with E-state index in [2.05, 4.69) is 9.97 Å². The van der Waals surface area contributed by atoms with Gasteiger partial charge in [0.25, 0.3) is 0 Å². The normalized spacial score (nSPS) is 29.6. The minimum atomic E-state index is -0.679. The molecule has 0 spiro atoms. The number of nitrogens with zero attached hydrogens (tertiary/aromatic N) is 1. The van der Waals surface area contributed by atoms with E-state index in [9.17, 15) is 9.90 Å². The monoisotopic (exact) mass is 226 g/mol. The molecule has 16 heavy (non-hydrogen) atoms. The quantitative estimate of drug-likeness (QED) is 0.617. The number of aryl methyl sites for hydroxylation is 1. The van der Waals surface area contributed by atoms with Crippen molar-refractivity contribution in [3.05, 3.63) is 27.9 Å². The van der Waals surface area contributed by atoms with Crippen LogP contribution in [0.15, 0.2) is 11.0 Å². The number of aromatic nitrogens is 2. The predicted octanol–water partition coefficient (Wildman–Crippen LogP) is -0.738. The second-order valence-corrected chi connectivity index (χ2v) is 3.92. The molecular weight excluding hydrogens is 212 g/mol. The average Bonchev–Trinajstić information content (AvgIpc) is 2.59. The van der Waals surface area contributed by atoms with Gasteiger partial charge in [0.2, 0.25) is 0 Å². The topological polar surface area (TPSA) is 95.4 Å². The lowest BCUT2D eigenvalue weighted by molar-refractivity contribution is -0.0228. The Morgan fingerprint density at radius 2 is 2.44 bits per heavy atom. The molecule has 1 saturated heterocycles. The molecule has 3 N–H and O–H groups in total. The molecule has 0 aromatic carbocycles. The molecule has 88 valence electrons. The van der Waals surface area contributed by atoms with Gasteiger partial charge in [0, 0.05) is 23.9 Å². The lowest BCUT2D eigenvalue weighted by atomic mass is 10.1.